The number of benzene rings is 1. The number of thiophene rings is 1. The summed E-state index contributed by atoms with van der Waals surface area (Å²) in [6.45, 7) is 3.68. The van der Waals surface area contributed by atoms with Crippen molar-refractivity contribution in [1.29, 1.82) is 0 Å². The van der Waals surface area contributed by atoms with E-state index in [-0.39, 0.29) is 23.4 Å². The van der Waals surface area contributed by atoms with Gasteiger partial charge in [-0.2, -0.15) is 0 Å². The van der Waals surface area contributed by atoms with Gasteiger partial charge in [0.05, 0.1) is 39.6 Å². The molecule has 1 aliphatic carbocycles. The molecule has 0 spiro atoms. The number of hydrogen-bond acceptors (Lipinski definition) is 7. The minimum Gasteiger partial charge on any atom is -0.495 e. The lowest BCUT2D eigenvalue weighted by Crippen LogP contribution is -2.29. The third-order valence-corrected chi connectivity index (χ3v) is 7.71. The topological polar surface area (TPSA) is 81.2 Å². The molecule has 1 amide bonds. The molecule has 1 atom stereocenters. The Balaban J connectivity index is 1.49. The minimum atomic E-state index is -0.264. The molecule has 1 saturated carbocycles. The highest BCUT2D eigenvalue weighted by Gasteiger charge is 2.27. The van der Waals surface area contributed by atoms with Gasteiger partial charge in [-0.05, 0) is 51.0 Å². The Morgan fingerprint density at radius 1 is 1.29 bits per heavy atom. The zero-order chi connectivity index (χ0) is 22.1. The standard InChI is InChI=1S/C22H22ClN3O3S2/c1-11(21(28)26-13-4-5-13)17-8-9-18(31-17)15(27)10-30-22-19-14(24-12(2)25-22)6-7-16(29-3)20(19)23/h6-9,11,13H,4-5,10H2,1-3H3,(H,26,28). The van der Waals surface area contributed by atoms with E-state index < -0.39 is 0 Å². The number of fused-ring (bicyclic) bond motifs is 1. The average molecular weight is 476 g/mol. The summed E-state index contributed by atoms with van der Waals surface area (Å²) in [5.41, 5.74) is 0.710. The van der Waals surface area contributed by atoms with Crippen molar-refractivity contribution in [3.8, 4) is 5.75 Å². The van der Waals surface area contributed by atoms with Crippen LogP contribution < -0.4 is 10.1 Å². The highest BCUT2D eigenvalue weighted by molar-refractivity contribution is 8.00. The Bertz CT molecular complexity index is 1160. The van der Waals surface area contributed by atoms with Crippen molar-refractivity contribution in [3.63, 3.8) is 0 Å². The van der Waals surface area contributed by atoms with E-state index in [4.69, 9.17) is 16.3 Å². The van der Waals surface area contributed by atoms with Crippen molar-refractivity contribution in [2.45, 2.75) is 43.7 Å². The van der Waals surface area contributed by atoms with Gasteiger partial charge in [0.2, 0.25) is 5.91 Å². The molecule has 0 saturated heterocycles. The number of carbonyl (C=O) groups is 2. The van der Waals surface area contributed by atoms with Crippen LogP contribution in [0.3, 0.4) is 0 Å². The number of rotatable bonds is 8. The third kappa shape index (κ3) is 4.86. The smallest absolute Gasteiger partial charge is 0.228 e. The molecule has 4 rings (SSSR count). The van der Waals surface area contributed by atoms with E-state index in [0.717, 1.165) is 17.7 Å². The fourth-order valence-electron chi connectivity index (χ4n) is 3.13. The van der Waals surface area contributed by atoms with E-state index in [1.807, 2.05) is 26.0 Å². The van der Waals surface area contributed by atoms with Gasteiger partial charge in [0, 0.05) is 10.9 Å². The number of amides is 1. The maximum absolute atomic E-state index is 12.8. The summed E-state index contributed by atoms with van der Waals surface area (Å²) in [5.74, 6) is 1.10. The van der Waals surface area contributed by atoms with Crippen LogP contribution in [0.15, 0.2) is 29.3 Å². The van der Waals surface area contributed by atoms with Gasteiger partial charge < -0.3 is 10.1 Å². The van der Waals surface area contributed by atoms with Crippen LogP contribution in [0.1, 0.15) is 46.1 Å². The van der Waals surface area contributed by atoms with E-state index in [2.05, 4.69) is 15.3 Å². The quantitative estimate of drug-likeness (QED) is 0.280. The Hall–Kier alpha value is -2.16. The van der Waals surface area contributed by atoms with Crippen molar-refractivity contribution in [2.24, 2.45) is 0 Å². The summed E-state index contributed by atoms with van der Waals surface area (Å²) in [6.07, 6.45) is 2.11. The first kappa shape index (κ1) is 22.0. The van der Waals surface area contributed by atoms with Crippen molar-refractivity contribution in [2.75, 3.05) is 12.9 Å². The number of Topliss-reactive ketones (excluding diaryl/α,β-unsaturated/α-hetero) is 1. The van der Waals surface area contributed by atoms with E-state index in [0.29, 0.717) is 43.4 Å². The molecular formula is C22H22ClN3O3S2. The Morgan fingerprint density at radius 3 is 2.77 bits per heavy atom. The second-order valence-electron chi connectivity index (χ2n) is 7.47. The number of hydrogen-bond donors (Lipinski definition) is 1. The second kappa shape index (κ2) is 9.14. The zero-order valence-corrected chi connectivity index (χ0v) is 19.8. The summed E-state index contributed by atoms with van der Waals surface area (Å²) in [5, 5.41) is 4.78. The predicted molar refractivity (Wildman–Crippen MR) is 125 cm³/mol. The summed E-state index contributed by atoms with van der Waals surface area (Å²) >= 11 is 9.20. The van der Waals surface area contributed by atoms with Gasteiger partial charge in [0.1, 0.15) is 16.6 Å². The van der Waals surface area contributed by atoms with Crippen LogP contribution in [0.5, 0.6) is 5.75 Å². The summed E-state index contributed by atoms with van der Waals surface area (Å²) in [4.78, 5) is 35.6. The van der Waals surface area contributed by atoms with Gasteiger partial charge in [-0.15, -0.1) is 11.3 Å². The average Bonchev–Trinajstić information content (AvgIpc) is 3.42. The van der Waals surface area contributed by atoms with Crippen molar-refractivity contribution in [3.05, 3.63) is 44.9 Å². The zero-order valence-electron chi connectivity index (χ0n) is 17.4. The van der Waals surface area contributed by atoms with Gasteiger partial charge in [-0.3, -0.25) is 9.59 Å². The van der Waals surface area contributed by atoms with Gasteiger partial charge in [-0.25, -0.2) is 9.97 Å². The van der Waals surface area contributed by atoms with Gasteiger partial charge >= 0.3 is 0 Å². The molecule has 2 heterocycles. The number of thioether (sulfide) groups is 1. The number of ether oxygens (including phenoxy) is 1. The lowest BCUT2D eigenvalue weighted by Gasteiger charge is -2.10. The van der Waals surface area contributed by atoms with Gasteiger partial charge in [0.25, 0.3) is 0 Å². The number of nitrogens with one attached hydrogen (secondary N) is 1. The summed E-state index contributed by atoms with van der Waals surface area (Å²) in [7, 11) is 1.55. The number of aryl methyl sites for hydroxylation is 1. The van der Waals surface area contributed by atoms with Crippen LogP contribution in [0.25, 0.3) is 10.9 Å². The van der Waals surface area contributed by atoms with Crippen LogP contribution in [0.4, 0.5) is 0 Å². The maximum atomic E-state index is 12.8. The van der Waals surface area contributed by atoms with Crippen LogP contribution in [-0.2, 0) is 4.79 Å². The molecule has 1 aromatic carbocycles. The lowest BCUT2D eigenvalue weighted by atomic mass is 10.1. The number of nitrogens with zero attached hydrogens (tertiary/aromatic N) is 2. The monoisotopic (exact) mass is 475 g/mol. The number of aromatic nitrogens is 2. The molecule has 6 nitrogen and oxygen atoms in total. The fourth-order valence-corrected chi connectivity index (χ4v) is 5.57. The number of methoxy groups -OCH3 is 1. The van der Waals surface area contributed by atoms with E-state index in [1.165, 1.54) is 23.1 Å². The predicted octanol–water partition coefficient (Wildman–Crippen LogP) is 5.02. The fraction of sp³-hybridized carbons (Fsp3) is 0.364. The maximum Gasteiger partial charge on any atom is 0.228 e. The number of ketones is 1. The molecule has 0 bridgehead atoms. The molecule has 0 radical (unpaired) electrons. The molecule has 1 fully saturated rings. The summed E-state index contributed by atoms with van der Waals surface area (Å²) in [6, 6.07) is 7.59. The largest absolute Gasteiger partial charge is 0.495 e. The second-order valence-corrected chi connectivity index (χ2v) is 9.93. The van der Waals surface area contributed by atoms with Crippen LogP contribution in [0.2, 0.25) is 5.02 Å². The van der Waals surface area contributed by atoms with Gasteiger partial charge in [-0.1, -0.05) is 23.4 Å². The normalized spacial score (nSPS) is 14.5. The Labute approximate surface area is 193 Å². The van der Waals surface area contributed by atoms with E-state index in [1.54, 1.807) is 19.2 Å². The third-order valence-electron chi connectivity index (χ3n) is 5.05. The molecule has 3 aromatic rings. The SMILES string of the molecule is COc1ccc2nc(C)nc(SCC(=O)c3ccc(C(C)C(=O)NC4CC4)s3)c2c1Cl. The molecule has 0 aliphatic heterocycles. The van der Waals surface area contributed by atoms with Crippen LogP contribution >= 0.6 is 34.7 Å². The van der Waals surface area contributed by atoms with Crippen molar-refractivity contribution in [1.82, 2.24) is 15.3 Å². The van der Waals surface area contributed by atoms with Crippen molar-refractivity contribution >= 4 is 57.3 Å². The van der Waals surface area contributed by atoms with Gasteiger partial charge in [0.15, 0.2) is 5.78 Å². The molecule has 162 valence electrons. The first-order valence-electron chi connectivity index (χ1n) is 9.94. The van der Waals surface area contributed by atoms with E-state index in [9.17, 15) is 9.59 Å². The highest BCUT2D eigenvalue weighted by Crippen LogP contribution is 2.37. The van der Waals surface area contributed by atoms with E-state index >= 15 is 0 Å². The molecule has 1 unspecified atom stereocenters. The minimum absolute atomic E-state index is 0.0144. The molecular weight excluding hydrogens is 454 g/mol. The number of halogens is 1. The molecule has 9 heteroatoms. The number of carbonyl (C=O) groups excluding carboxylic acids is 2. The van der Waals surface area contributed by atoms with Crippen LogP contribution in [-0.4, -0.2) is 40.6 Å². The lowest BCUT2D eigenvalue weighted by molar-refractivity contribution is -0.122. The highest BCUT2D eigenvalue weighted by atomic mass is 35.5. The Morgan fingerprint density at radius 2 is 2.06 bits per heavy atom. The molecule has 1 aliphatic rings. The van der Waals surface area contributed by atoms with Crippen LogP contribution in [0, 0.1) is 6.92 Å². The van der Waals surface area contributed by atoms with Crippen molar-refractivity contribution < 1.29 is 14.3 Å². The molecule has 1 N–H and O–H groups in total. The first-order valence-corrected chi connectivity index (χ1v) is 12.1. The first-order chi connectivity index (χ1) is 14.9. The summed E-state index contributed by atoms with van der Waals surface area (Å²) < 4.78 is 5.31. The Kier molecular flexibility index (Phi) is 6.50. The molecule has 31 heavy (non-hydrogen) atoms. The molecule has 2 aromatic heterocycles.